The summed E-state index contributed by atoms with van der Waals surface area (Å²) in [5.41, 5.74) is 1.30. The third-order valence-corrected chi connectivity index (χ3v) is 4.84. The number of aliphatic hydroxyl groups excluding tert-OH is 1. The van der Waals surface area contributed by atoms with Crippen LogP contribution in [0.15, 0.2) is 17.6 Å². The average molecular weight is 381 g/mol. The summed E-state index contributed by atoms with van der Waals surface area (Å²) in [6.45, 7) is 2.96. The van der Waals surface area contributed by atoms with E-state index in [1.807, 2.05) is 6.92 Å². The topological polar surface area (TPSA) is 115 Å². The number of hydrogen-bond donors (Lipinski definition) is 5. The summed E-state index contributed by atoms with van der Waals surface area (Å²) in [6.07, 6.45) is 5.42. The van der Waals surface area contributed by atoms with Crippen LogP contribution in [0.3, 0.4) is 0 Å². The third kappa shape index (κ3) is 4.76. The van der Waals surface area contributed by atoms with Gasteiger partial charge >= 0.3 is 0 Å². The molecule has 0 unspecified atom stereocenters. The van der Waals surface area contributed by atoms with Crippen molar-refractivity contribution < 1.29 is 9.84 Å². The maximum Gasteiger partial charge on any atom is 0.232 e. The minimum atomic E-state index is -0.202. The molecule has 0 aromatic carbocycles. The van der Waals surface area contributed by atoms with Crippen molar-refractivity contribution in [3.05, 3.63) is 22.6 Å². The van der Waals surface area contributed by atoms with Crippen LogP contribution in [0.2, 0.25) is 5.02 Å². The Kier molecular flexibility index (Phi) is 6.16. The summed E-state index contributed by atoms with van der Waals surface area (Å²) in [5, 5.41) is 28.1. The first-order chi connectivity index (χ1) is 12.5. The van der Waals surface area contributed by atoms with Gasteiger partial charge in [0.1, 0.15) is 10.7 Å². The third-order valence-electron chi connectivity index (χ3n) is 4.56. The van der Waals surface area contributed by atoms with E-state index in [4.69, 9.17) is 21.7 Å². The molecule has 8 nitrogen and oxygen atoms in total. The first-order valence-corrected chi connectivity index (χ1v) is 9.31. The van der Waals surface area contributed by atoms with E-state index in [-0.39, 0.29) is 18.0 Å². The summed E-state index contributed by atoms with van der Waals surface area (Å²) in [4.78, 5) is 8.58. The highest BCUT2D eigenvalue weighted by atomic mass is 35.5. The van der Waals surface area contributed by atoms with Gasteiger partial charge in [0.25, 0.3) is 0 Å². The number of nitrogens with zero attached hydrogens (tertiary/aromatic N) is 2. The van der Waals surface area contributed by atoms with Gasteiger partial charge < -0.3 is 25.8 Å². The fourth-order valence-corrected chi connectivity index (χ4v) is 3.27. The zero-order valence-corrected chi connectivity index (χ0v) is 15.6. The van der Waals surface area contributed by atoms with Crippen LogP contribution >= 0.6 is 11.6 Å². The molecule has 0 atom stereocenters. The average Bonchev–Trinajstić information content (AvgIpc) is 2.65. The van der Waals surface area contributed by atoms with Crippen molar-refractivity contribution in [2.24, 2.45) is 0 Å². The summed E-state index contributed by atoms with van der Waals surface area (Å²) < 4.78 is 5.58. The Hall–Kier alpha value is -2.06. The fraction of sp³-hybridized carbons (Fsp3) is 0.588. The van der Waals surface area contributed by atoms with Gasteiger partial charge in [-0.1, -0.05) is 11.6 Å². The molecule has 2 aliphatic rings. The molecule has 1 saturated carbocycles. The van der Waals surface area contributed by atoms with Crippen LogP contribution in [0.25, 0.3) is 0 Å². The van der Waals surface area contributed by atoms with Crippen molar-refractivity contribution >= 4 is 29.3 Å². The Bertz CT molecular complexity index is 688. The number of allylic oxidation sites excluding steroid dienone is 1. The van der Waals surface area contributed by atoms with E-state index >= 15 is 0 Å². The lowest BCUT2D eigenvalue weighted by Crippen LogP contribution is -2.35. The first kappa shape index (κ1) is 18.7. The Balaban J connectivity index is 1.82. The predicted molar refractivity (Wildman–Crippen MR) is 102 cm³/mol. The van der Waals surface area contributed by atoms with Crippen LogP contribution in [-0.2, 0) is 4.74 Å². The van der Waals surface area contributed by atoms with Crippen molar-refractivity contribution in [1.82, 2.24) is 15.3 Å². The van der Waals surface area contributed by atoms with Crippen LogP contribution in [0.5, 0.6) is 0 Å². The second kappa shape index (κ2) is 8.55. The van der Waals surface area contributed by atoms with Gasteiger partial charge in [0.05, 0.1) is 18.9 Å². The van der Waals surface area contributed by atoms with Crippen molar-refractivity contribution in [3.8, 4) is 0 Å². The van der Waals surface area contributed by atoms with Crippen LogP contribution in [-0.4, -0.2) is 46.3 Å². The van der Waals surface area contributed by atoms with Gasteiger partial charge in [-0.15, -0.1) is 0 Å². The monoisotopic (exact) mass is 380 g/mol. The Morgan fingerprint density at radius 2 is 2.15 bits per heavy atom. The summed E-state index contributed by atoms with van der Waals surface area (Å²) in [6, 6.07) is 0.266. The van der Waals surface area contributed by atoms with Crippen molar-refractivity contribution in [2.75, 3.05) is 23.8 Å². The molecule has 0 radical (unpaired) electrons. The molecule has 1 aliphatic carbocycles. The van der Waals surface area contributed by atoms with Gasteiger partial charge in [-0.05, 0) is 39.0 Å². The van der Waals surface area contributed by atoms with E-state index < -0.39 is 0 Å². The Labute approximate surface area is 157 Å². The van der Waals surface area contributed by atoms with E-state index in [0.717, 1.165) is 37.8 Å². The second-order valence-corrected chi connectivity index (χ2v) is 7.03. The first-order valence-electron chi connectivity index (χ1n) is 8.93. The fourth-order valence-electron chi connectivity index (χ4n) is 3.11. The Morgan fingerprint density at radius 3 is 2.92 bits per heavy atom. The molecule has 26 heavy (non-hydrogen) atoms. The van der Waals surface area contributed by atoms with Crippen LogP contribution in [0.1, 0.15) is 39.0 Å². The van der Waals surface area contributed by atoms with Crippen LogP contribution < -0.4 is 16.0 Å². The summed E-state index contributed by atoms with van der Waals surface area (Å²) in [7, 11) is 0. The molecule has 2 bridgehead atoms. The highest BCUT2D eigenvalue weighted by molar-refractivity contribution is 6.32. The van der Waals surface area contributed by atoms with Crippen LogP contribution in [0.4, 0.5) is 11.8 Å². The van der Waals surface area contributed by atoms with E-state index in [1.165, 1.54) is 6.20 Å². The van der Waals surface area contributed by atoms with Gasteiger partial charge in [0.2, 0.25) is 11.8 Å². The smallest absolute Gasteiger partial charge is 0.232 e. The maximum absolute atomic E-state index is 9.67. The van der Waals surface area contributed by atoms with Gasteiger partial charge in [-0.3, -0.25) is 5.41 Å². The number of aromatic nitrogens is 2. The molecule has 1 aliphatic heterocycles. The van der Waals surface area contributed by atoms with Crippen LogP contribution in [0, 0.1) is 5.41 Å². The molecule has 5 N–H and O–H groups in total. The van der Waals surface area contributed by atoms with Gasteiger partial charge in [0.15, 0.2) is 5.82 Å². The molecule has 0 amide bonds. The minimum absolute atomic E-state index is 0.0489. The zero-order valence-electron chi connectivity index (χ0n) is 14.8. The molecule has 142 valence electrons. The predicted octanol–water partition coefficient (Wildman–Crippen LogP) is 2.48. The zero-order chi connectivity index (χ0) is 18.5. The standard InChI is InChI=1S/C17H25ClN6O2/c1-10(22-11-3-5-12(25)6-4-11)14-15(19)26-8-2-7-20-16-13(18)9-21-17(23-14)24-16/h9,11-12,19,22,25H,2-8H2,1H3,(H2,20,21,23,24)/b14-10+,19-15?. The van der Waals surface area contributed by atoms with Gasteiger partial charge in [-0.2, -0.15) is 4.98 Å². The highest BCUT2D eigenvalue weighted by Crippen LogP contribution is 2.22. The van der Waals surface area contributed by atoms with Crippen molar-refractivity contribution in [2.45, 2.75) is 51.2 Å². The molecule has 1 fully saturated rings. The van der Waals surface area contributed by atoms with Gasteiger partial charge in [0, 0.05) is 18.3 Å². The van der Waals surface area contributed by atoms with E-state index in [1.54, 1.807) is 0 Å². The molecule has 1 aromatic heterocycles. The number of anilines is 2. The number of halogens is 1. The number of nitrogens with one attached hydrogen (secondary N) is 4. The normalized spacial score (nSPS) is 25.9. The maximum atomic E-state index is 9.67. The van der Waals surface area contributed by atoms with E-state index in [2.05, 4.69) is 25.9 Å². The summed E-state index contributed by atoms with van der Waals surface area (Å²) in [5.74, 6) is 0.957. The molecule has 1 aromatic rings. The number of rotatable bonds is 2. The van der Waals surface area contributed by atoms with E-state index in [9.17, 15) is 5.11 Å². The summed E-state index contributed by atoms with van der Waals surface area (Å²) >= 11 is 6.13. The lowest BCUT2D eigenvalue weighted by molar-refractivity contribution is 0.118. The highest BCUT2D eigenvalue weighted by Gasteiger charge is 2.21. The van der Waals surface area contributed by atoms with Crippen molar-refractivity contribution in [3.63, 3.8) is 0 Å². The number of aliphatic hydroxyl groups is 1. The lowest BCUT2D eigenvalue weighted by atomic mass is 9.93. The second-order valence-electron chi connectivity index (χ2n) is 6.62. The molecular weight excluding hydrogens is 356 g/mol. The van der Waals surface area contributed by atoms with E-state index in [0.29, 0.717) is 35.6 Å². The Morgan fingerprint density at radius 1 is 1.38 bits per heavy atom. The largest absolute Gasteiger partial charge is 0.476 e. The number of ether oxygens (including phenoxy) is 1. The number of hydrogen-bond acceptors (Lipinski definition) is 8. The molecule has 3 rings (SSSR count). The molecule has 0 saturated heterocycles. The number of fused-ring (bicyclic) bond motifs is 2. The molecule has 9 heteroatoms. The lowest BCUT2D eigenvalue weighted by Gasteiger charge is -2.28. The van der Waals surface area contributed by atoms with Gasteiger partial charge in [-0.25, -0.2) is 4.98 Å². The quantitative estimate of drug-likeness (QED) is 0.535. The molecular formula is C17H25ClN6O2. The molecule has 2 heterocycles. The minimum Gasteiger partial charge on any atom is -0.476 e. The SMILES string of the molecule is C/C(NC1CCC(O)CC1)=C1\Nc2ncc(Cl)c(n2)NCCCOC1=N. The molecule has 0 spiro atoms. The van der Waals surface area contributed by atoms with Crippen molar-refractivity contribution in [1.29, 1.82) is 5.41 Å².